The van der Waals surface area contributed by atoms with Gasteiger partial charge in [0, 0.05) is 26.2 Å². The molecule has 1 rings (SSSR count). The van der Waals surface area contributed by atoms with Crippen molar-refractivity contribution >= 4 is 5.91 Å². The fourth-order valence-corrected chi connectivity index (χ4v) is 1.82. The van der Waals surface area contributed by atoms with Crippen LogP contribution in [0, 0.1) is 0 Å². The van der Waals surface area contributed by atoms with Crippen LogP contribution in [-0.4, -0.2) is 60.1 Å². The van der Waals surface area contributed by atoms with Crippen molar-refractivity contribution in [3.05, 3.63) is 0 Å². The Hall–Kier alpha value is -0.820. The quantitative estimate of drug-likeness (QED) is 0.776. The summed E-state index contributed by atoms with van der Waals surface area (Å²) in [6.07, 6.45) is -4.21. The zero-order chi connectivity index (χ0) is 13.2. The summed E-state index contributed by atoms with van der Waals surface area (Å²) in [4.78, 5) is 14.4. The molecule has 0 aliphatic carbocycles. The predicted molar refractivity (Wildman–Crippen MR) is 57.3 cm³/mol. The van der Waals surface area contributed by atoms with Gasteiger partial charge in [0.15, 0.2) is 0 Å². The van der Waals surface area contributed by atoms with E-state index < -0.39 is 18.3 Å². The lowest BCUT2D eigenvalue weighted by Gasteiger charge is -2.39. The SMILES string of the molecule is CC(N1CCN(C(=O)[C@@H](C)N)CC1)C(F)(F)F. The number of rotatable bonds is 2. The zero-order valence-corrected chi connectivity index (χ0v) is 10.00. The number of nitrogens with zero attached hydrogens (tertiary/aromatic N) is 2. The highest BCUT2D eigenvalue weighted by Gasteiger charge is 2.41. The van der Waals surface area contributed by atoms with Gasteiger partial charge >= 0.3 is 6.18 Å². The molecule has 7 heteroatoms. The predicted octanol–water partition coefficient (Wildman–Crippen LogP) is 0.429. The zero-order valence-electron chi connectivity index (χ0n) is 10.00. The molecule has 1 aliphatic rings. The summed E-state index contributed by atoms with van der Waals surface area (Å²) >= 11 is 0. The van der Waals surface area contributed by atoms with E-state index in [4.69, 9.17) is 5.73 Å². The van der Waals surface area contributed by atoms with Gasteiger partial charge < -0.3 is 10.6 Å². The van der Waals surface area contributed by atoms with Gasteiger partial charge in [0.25, 0.3) is 0 Å². The maximum Gasteiger partial charge on any atom is 0.403 e. The second-order valence-electron chi connectivity index (χ2n) is 4.37. The van der Waals surface area contributed by atoms with Gasteiger partial charge in [0.05, 0.1) is 6.04 Å². The summed E-state index contributed by atoms with van der Waals surface area (Å²) in [6.45, 7) is 3.80. The summed E-state index contributed by atoms with van der Waals surface area (Å²) in [6, 6.07) is -2.06. The van der Waals surface area contributed by atoms with Gasteiger partial charge in [0.2, 0.25) is 5.91 Å². The standard InChI is InChI=1S/C10H18F3N3O/c1-7(14)9(17)16-5-3-15(4-6-16)8(2)10(11,12)13/h7-8H,3-6,14H2,1-2H3/t7-,8?/m1/s1. The van der Waals surface area contributed by atoms with Crippen molar-refractivity contribution in [3.8, 4) is 0 Å². The molecule has 0 aromatic rings. The number of alkyl halides is 3. The molecule has 1 aliphatic heterocycles. The summed E-state index contributed by atoms with van der Waals surface area (Å²) in [5.41, 5.74) is 5.45. The number of halogens is 3. The van der Waals surface area contributed by atoms with Crippen LogP contribution < -0.4 is 5.73 Å². The largest absolute Gasteiger partial charge is 0.403 e. The van der Waals surface area contributed by atoms with Crippen molar-refractivity contribution in [1.82, 2.24) is 9.80 Å². The van der Waals surface area contributed by atoms with Crippen molar-refractivity contribution in [3.63, 3.8) is 0 Å². The van der Waals surface area contributed by atoms with E-state index in [1.807, 2.05) is 0 Å². The van der Waals surface area contributed by atoms with Gasteiger partial charge in [-0.25, -0.2) is 0 Å². The molecule has 0 bridgehead atoms. The van der Waals surface area contributed by atoms with Crippen LogP contribution in [0.2, 0.25) is 0 Å². The van der Waals surface area contributed by atoms with E-state index in [9.17, 15) is 18.0 Å². The molecule has 0 aromatic heterocycles. The van der Waals surface area contributed by atoms with Crippen LogP contribution in [0.15, 0.2) is 0 Å². The van der Waals surface area contributed by atoms with Crippen LogP contribution in [0.4, 0.5) is 13.2 Å². The summed E-state index contributed by atoms with van der Waals surface area (Å²) < 4.78 is 37.4. The Morgan fingerprint density at radius 3 is 2.00 bits per heavy atom. The normalized spacial score (nSPS) is 22.4. The second-order valence-corrected chi connectivity index (χ2v) is 4.37. The number of carbonyl (C=O) groups excluding carboxylic acids is 1. The lowest BCUT2D eigenvalue weighted by Crippen LogP contribution is -2.56. The average Bonchev–Trinajstić information content (AvgIpc) is 2.26. The monoisotopic (exact) mass is 253 g/mol. The molecule has 1 unspecified atom stereocenters. The molecule has 0 saturated carbocycles. The molecule has 17 heavy (non-hydrogen) atoms. The fourth-order valence-electron chi connectivity index (χ4n) is 1.82. The minimum absolute atomic E-state index is 0.204. The Morgan fingerprint density at radius 2 is 1.65 bits per heavy atom. The summed E-state index contributed by atoms with van der Waals surface area (Å²) in [5, 5.41) is 0. The van der Waals surface area contributed by atoms with Gasteiger partial charge in [-0.05, 0) is 13.8 Å². The molecular formula is C10H18F3N3O. The third-order valence-corrected chi connectivity index (χ3v) is 3.04. The van der Waals surface area contributed by atoms with E-state index in [1.165, 1.54) is 9.80 Å². The first-order chi connectivity index (χ1) is 7.73. The Morgan fingerprint density at radius 1 is 1.18 bits per heavy atom. The Bertz CT molecular complexity index is 272. The second kappa shape index (κ2) is 5.22. The van der Waals surface area contributed by atoms with E-state index in [1.54, 1.807) is 6.92 Å². The summed E-state index contributed by atoms with van der Waals surface area (Å²) in [7, 11) is 0. The van der Waals surface area contributed by atoms with Crippen LogP contribution in [-0.2, 0) is 4.79 Å². The highest BCUT2D eigenvalue weighted by atomic mass is 19.4. The number of nitrogens with two attached hydrogens (primary N) is 1. The first kappa shape index (κ1) is 14.2. The maximum atomic E-state index is 12.5. The minimum Gasteiger partial charge on any atom is -0.339 e. The molecule has 4 nitrogen and oxygen atoms in total. The third-order valence-electron chi connectivity index (χ3n) is 3.04. The molecule has 1 heterocycles. The highest BCUT2D eigenvalue weighted by molar-refractivity contribution is 5.81. The Kier molecular flexibility index (Phi) is 4.37. The highest BCUT2D eigenvalue weighted by Crippen LogP contribution is 2.25. The number of piperazine rings is 1. The molecule has 2 N–H and O–H groups in total. The van der Waals surface area contributed by atoms with Gasteiger partial charge in [-0.1, -0.05) is 0 Å². The minimum atomic E-state index is -4.21. The summed E-state index contributed by atoms with van der Waals surface area (Å²) in [5.74, 6) is -0.204. The number of hydrogen-bond acceptors (Lipinski definition) is 3. The third kappa shape index (κ3) is 3.57. The van der Waals surface area contributed by atoms with Crippen molar-refractivity contribution in [2.24, 2.45) is 5.73 Å². The topological polar surface area (TPSA) is 49.6 Å². The molecule has 1 amide bonds. The lowest BCUT2D eigenvalue weighted by atomic mass is 10.2. The van der Waals surface area contributed by atoms with Crippen LogP contribution in [0.3, 0.4) is 0 Å². The fraction of sp³-hybridized carbons (Fsp3) is 0.900. The van der Waals surface area contributed by atoms with Gasteiger partial charge in [-0.15, -0.1) is 0 Å². The van der Waals surface area contributed by atoms with Crippen LogP contribution in [0.1, 0.15) is 13.8 Å². The van der Waals surface area contributed by atoms with E-state index in [-0.39, 0.29) is 19.0 Å². The lowest BCUT2D eigenvalue weighted by molar-refractivity contribution is -0.183. The first-order valence-corrected chi connectivity index (χ1v) is 5.58. The maximum absolute atomic E-state index is 12.5. The molecule has 1 saturated heterocycles. The van der Waals surface area contributed by atoms with E-state index in [0.29, 0.717) is 13.1 Å². The van der Waals surface area contributed by atoms with Gasteiger partial charge in [-0.3, -0.25) is 9.69 Å². The van der Waals surface area contributed by atoms with Crippen molar-refractivity contribution < 1.29 is 18.0 Å². The van der Waals surface area contributed by atoms with Crippen LogP contribution in [0.5, 0.6) is 0 Å². The number of amides is 1. The van der Waals surface area contributed by atoms with Gasteiger partial charge in [0.1, 0.15) is 6.04 Å². The number of hydrogen-bond donors (Lipinski definition) is 1. The molecular weight excluding hydrogens is 235 g/mol. The Balaban J connectivity index is 2.49. The molecule has 0 aromatic carbocycles. The molecule has 2 atom stereocenters. The molecule has 1 fully saturated rings. The van der Waals surface area contributed by atoms with Crippen molar-refractivity contribution in [2.75, 3.05) is 26.2 Å². The van der Waals surface area contributed by atoms with E-state index >= 15 is 0 Å². The average molecular weight is 253 g/mol. The Labute approximate surface area is 98.5 Å². The van der Waals surface area contributed by atoms with E-state index in [2.05, 4.69) is 0 Å². The molecule has 0 spiro atoms. The van der Waals surface area contributed by atoms with Crippen molar-refractivity contribution in [2.45, 2.75) is 32.1 Å². The van der Waals surface area contributed by atoms with Crippen LogP contribution in [0.25, 0.3) is 0 Å². The smallest absolute Gasteiger partial charge is 0.339 e. The first-order valence-electron chi connectivity index (χ1n) is 5.58. The van der Waals surface area contributed by atoms with Crippen molar-refractivity contribution in [1.29, 1.82) is 0 Å². The number of carbonyl (C=O) groups is 1. The van der Waals surface area contributed by atoms with Gasteiger partial charge in [-0.2, -0.15) is 13.2 Å². The van der Waals surface area contributed by atoms with E-state index in [0.717, 1.165) is 6.92 Å². The molecule has 0 radical (unpaired) electrons. The van der Waals surface area contributed by atoms with Crippen LogP contribution >= 0.6 is 0 Å². The molecule has 100 valence electrons.